The van der Waals surface area contributed by atoms with Gasteiger partial charge in [0.05, 0.1) is 6.61 Å². The summed E-state index contributed by atoms with van der Waals surface area (Å²) in [7, 11) is 0. The van der Waals surface area contributed by atoms with Crippen LogP contribution in [-0.4, -0.2) is 23.8 Å². The molecule has 1 atom stereocenters. The Bertz CT molecular complexity index is 390. The van der Waals surface area contributed by atoms with Crippen LogP contribution in [0.3, 0.4) is 0 Å². The van der Waals surface area contributed by atoms with Crippen LogP contribution in [0.4, 0.5) is 0 Å². The van der Waals surface area contributed by atoms with E-state index >= 15 is 0 Å². The summed E-state index contributed by atoms with van der Waals surface area (Å²) in [6, 6.07) is 8.83. The van der Waals surface area contributed by atoms with Gasteiger partial charge in [0.25, 0.3) is 0 Å². The van der Waals surface area contributed by atoms with Crippen LogP contribution in [0.2, 0.25) is 0 Å². The summed E-state index contributed by atoms with van der Waals surface area (Å²) in [4.78, 5) is 0. The van der Waals surface area contributed by atoms with Gasteiger partial charge in [0.2, 0.25) is 0 Å². The van der Waals surface area contributed by atoms with Gasteiger partial charge >= 0.3 is 0 Å². The summed E-state index contributed by atoms with van der Waals surface area (Å²) in [5, 5.41) is 13.3. The van der Waals surface area contributed by atoms with Crippen molar-refractivity contribution in [3.63, 3.8) is 0 Å². The molecule has 0 radical (unpaired) electrons. The van der Waals surface area contributed by atoms with Gasteiger partial charge in [-0.3, -0.25) is 0 Å². The molecule has 2 heteroatoms. The normalized spacial score (nSPS) is 19.2. The first kappa shape index (κ1) is 14.5. The number of aryl methyl sites for hydroxylation is 1. The lowest BCUT2D eigenvalue weighted by Crippen LogP contribution is -2.49. The molecule has 1 aliphatic carbocycles. The van der Waals surface area contributed by atoms with E-state index < -0.39 is 0 Å². The highest BCUT2D eigenvalue weighted by Crippen LogP contribution is 2.31. The van der Waals surface area contributed by atoms with Gasteiger partial charge in [-0.1, -0.05) is 38.1 Å². The van der Waals surface area contributed by atoms with Crippen LogP contribution >= 0.6 is 0 Å². The predicted octanol–water partition coefficient (Wildman–Crippen LogP) is 3.25. The van der Waals surface area contributed by atoms with Gasteiger partial charge in [-0.05, 0) is 49.1 Å². The molecule has 0 aliphatic heterocycles. The lowest BCUT2D eigenvalue weighted by Gasteiger charge is -2.34. The fraction of sp³-hybridized carbons (Fsp3) is 0.647. The smallest absolute Gasteiger partial charge is 0.0613 e. The molecule has 0 aromatic heterocycles. The van der Waals surface area contributed by atoms with Crippen LogP contribution in [-0.2, 0) is 6.42 Å². The second kappa shape index (κ2) is 6.53. The second-order valence-electron chi connectivity index (χ2n) is 5.81. The fourth-order valence-corrected chi connectivity index (χ4v) is 3.19. The SMILES string of the molecule is CCC(CC)(CO)NCC1CCCc2ccccc21. The van der Waals surface area contributed by atoms with E-state index in [4.69, 9.17) is 0 Å². The summed E-state index contributed by atoms with van der Waals surface area (Å²) in [6.45, 7) is 5.52. The molecule has 0 amide bonds. The Morgan fingerprint density at radius 1 is 1.26 bits per heavy atom. The maximum Gasteiger partial charge on any atom is 0.0613 e. The van der Waals surface area contributed by atoms with Crippen molar-refractivity contribution in [2.75, 3.05) is 13.2 Å². The van der Waals surface area contributed by atoms with E-state index in [0.717, 1.165) is 19.4 Å². The van der Waals surface area contributed by atoms with Crippen LogP contribution < -0.4 is 5.32 Å². The Morgan fingerprint density at radius 3 is 2.68 bits per heavy atom. The quantitative estimate of drug-likeness (QED) is 0.824. The van der Waals surface area contributed by atoms with Gasteiger partial charge in [-0.2, -0.15) is 0 Å². The maximum absolute atomic E-state index is 9.64. The van der Waals surface area contributed by atoms with E-state index in [1.54, 1.807) is 0 Å². The highest BCUT2D eigenvalue weighted by molar-refractivity contribution is 5.32. The summed E-state index contributed by atoms with van der Waals surface area (Å²) < 4.78 is 0. The Morgan fingerprint density at radius 2 is 2.00 bits per heavy atom. The van der Waals surface area contributed by atoms with Crippen LogP contribution in [0.25, 0.3) is 0 Å². The van der Waals surface area contributed by atoms with Crippen molar-refractivity contribution in [1.82, 2.24) is 5.32 Å². The first-order valence-corrected chi connectivity index (χ1v) is 7.68. The molecule has 2 N–H and O–H groups in total. The topological polar surface area (TPSA) is 32.3 Å². The highest BCUT2D eigenvalue weighted by atomic mass is 16.3. The zero-order valence-electron chi connectivity index (χ0n) is 12.3. The Hall–Kier alpha value is -0.860. The van der Waals surface area contributed by atoms with E-state index in [-0.39, 0.29) is 12.1 Å². The molecule has 1 aromatic rings. The fourth-order valence-electron chi connectivity index (χ4n) is 3.19. The summed E-state index contributed by atoms with van der Waals surface area (Å²) in [5.74, 6) is 0.606. The van der Waals surface area contributed by atoms with Crippen LogP contribution in [0.1, 0.15) is 56.6 Å². The molecule has 0 saturated heterocycles. The van der Waals surface area contributed by atoms with Gasteiger partial charge in [0.1, 0.15) is 0 Å². The molecule has 0 spiro atoms. The number of benzene rings is 1. The Kier molecular flexibility index (Phi) is 5.00. The summed E-state index contributed by atoms with van der Waals surface area (Å²) in [6.07, 6.45) is 5.73. The van der Waals surface area contributed by atoms with E-state index in [0.29, 0.717) is 5.92 Å². The molecule has 0 fully saturated rings. The highest BCUT2D eigenvalue weighted by Gasteiger charge is 2.27. The maximum atomic E-state index is 9.64. The van der Waals surface area contributed by atoms with Crippen LogP contribution in [0.15, 0.2) is 24.3 Å². The Balaban J connectivity index is 2.05. The molecule has 0 heterocycles. The van der Waals surface area contributed by atoms with Crippen LogP contribution in [0, 0.1) is 0 Å². The minimum atomic E-state index is -0.0909. The molecule has 0 saturated carbocycles. The van der Waals surface area contributed by atoms with Crippen molar-refractivity contribution < 1.29 is 5.11 Å². The molecule has 106 valence electrons. The van der Waals surface area contributed by atoms with Gasteiger partial charge in [-0.25, -0.2) is 0 Å². The predicted molar refractivity (Wildman–Crippen MR) is 80.5 cm³/mol. The zero-order chi connectivity index (χ0) is 13.7. The van der Waals surface area contributed by atoms with E-state index in [9.17, 15) is 5.11 Å². The molecule has 2 rings (SSSR count). The van der Waals surface area contributed by atoms with E-state index in [1.165, 1.54) is 30.4 Å². The van der Waals surface area contributed by atoms with Crippen molar-refractivity contribution in [2.24, 2.45) is 0 Å². The first-order valence-electron chi connectivity index (χ1n) is 7.68. The van der Waals surface area contributed by atoms with Crippen molar-refractivity contribution >= 4 is 0 Å². The number of hydrogen-bond acceptors (Lipinski definition) is 2. The minimum absolute atomic E-state index is 0.0909. The van der Waals surface area contributed by atoms with Crippen molar-refractivity contribution in [3.05, 3.63) is 35.4 Å². The largest absolute Gasteiger partial charge is 0.394 e. The third-order valence-corrected chi connectivity index (χ3v) is 4.87. The average Bonchev–Trinajstić information content (AvgIpc) is 2.49. The minimum Gasteiger partial charge on any atom is -0.394 e. The number of nitrogens with one attached hydrogen (secondary N) is 1. The number of fused-ring (bicyclic) bond motifs is 1. The van der Waals surface area contributed by atoms with E-state index in [1.807, 2.05) is 0 Å². The average molecular weight is 261 g/mol. The van der Waals surface area contributed by atoms with Gasteiger partial charge in [0.15, 0.2) is 0 Å². The molecular weight excluding hydrogens is 234 g/mol. The molecule has 0 bridgehead atoms. The molecule has 1 aromatic carbocycles. The third-order valence-electron chi connectivity index (χ3n) is 4.87. The molecule has 19 heavy (non-hydrogen) atoms. The lowest BCUT2D eigenvalue weighted by molar-refractivity contribution is 0.148. The standard InChI is InChI=1S/C17H27NO/c1-3-17(4-2,13-19)18-12-15-10-7-9-14-8-5-6-11-16(14)15/h5-6,8,11,15,18-19H,3-4,7,9-10,12-13H2,1-2H3. The number of rotatable bonds is 6. The number of aliphatic hydroxyl groups excluding tert-OH is 1. The van der Waals surface area contributed by atoms with Gasteiger partial charge in [0, 0.05) is 12.1 Å². The number of aliphatic hydroxyl groups is 1. The zero-order valence-corrected chi connectivity index (χ0v) is 12.3. The van der Waals surface area contributed by atoms with Crippen molar-refractivity contribution in [1.29, 1.82) is 0 Å². The first-order chi connectivity index (χ1) is 9.24. The van der Waals surface area contributed by atoms with Gasteiger partial charge in [-0.15, -0.1) is 0 Å². The van der Waals surface area contributed by atoms with Crippen molar-refractivity contribution in [2.45, 2.75) is 57.4 Å². The molecule has 2 nitrogen and oxygen atoms in total. The van der Waals surface area contributed by atoms with Crippen LogP contribution in [0.5, 0.6) is 0 Å². The lowest BCUT2D eigenvalue weighted by atomic mass is 9.82. The molecular formula is C17H27NO. The molecule has 1 unspecified atom stereocenters. The monoisotopic (exact) mass is 261 g/mol. The second-order valence-corrected chi connectivity index (χ2v) is 5.81. The van der Waals surface area contributed by atoms with Crippen molar-refractivity contribution in [3.8, 4) is 0 Å². The summed E-state index contributed by atoms with van der Waals surface area (Å²) >= 11 is 0. The third kappa shape index (κ3) is 3.18. The number of hydrogen-bond donors (Lipinski definition) is 2. The van der Waals surface area contributed by atoms with Gasteiger partial charge < -0.3 is 10.4 Å². The molecule has 1 aliphatic rings. The Labute approximate surface area is 117 Å². The summed E-state index contributed by atoms with van der Waals surface area (Å²) in [5.41, 5.74) is 2.94. The van der Waals surface area contributed by atoms with E-state index in [2.05, 4.69) is 43.4 Å².